The number of carbonyl (C=O) groups excluding carboxylic acids is 1. The average Bonchev–Trinajstić information content (AvgIpc) is 2.81. The third kappa shape index (κ3) is 10.9. The van der Waals surface area contributed by atoms with E-state index < -0.39 is 0 Å². The zero-order valence-corrected chi connectivity index (χ0v) is 23.8. The van der Waals surface area contributed by atoms with Gasteiger partial charge in [0.1, 0.15) is 5.75 Å². The minimum atomic E-state index is -0.328. The van der Waals surface area contributed by atoms with Gasteiger partial charge in [-0.25, -0.2) is 0 Å². The molecule has 3 rings (SSSR count). The van der Waals surface area contributed by atoms with Gasteiger partial charge in [-0.3, -0.25) is 9.69 Å². The summed E-state index contributed by atoms with van der Waals surface area (Å²) in [5.41, 5.74) is 15.1. The van der Waals surface area contributed by atoms with Crippen molar-refractivity contribution in [3.63, 3.8) is 0 Å². The molecule has 0 bridgehead atoms. The number of nitrogens with zero attached hydrogens (tertiary/aromatic N) is 2. The number of likely N-dealkylation sites (tertiary alicyclic amines) is 1. The van der Waals surface area contributed by atoms with Crippen LogP contribution in [0.4, 0.5) is 0 Å². The second-order valence-electron chi connectivity index (χ2n) is 8.49. The molecule has 35 heavy (non-hydrogen) atoms. The van der Waals surface area contributed by atoms with E-state index in [0.29, 0.717) is 19.6 Å². The number of guanidine groups is 1. The summed E-state index contributed by atoms with van der Waals surface area (Å²) in [5.74, 6) is 0.272. The SMILES string of the molecule is COCCCOc1cc(CCC(=O)N=C(N)N)ccc1-c1ccc(CN2CCCCC2)cc1.Cl.[Na]. The number of ether oxygens (including phenoxy) is 2. The maximum atomic E-state index is 11.8. The molecule has 7 nitrogen and oxygen atoms in total. The summed E-state index contributed by atoms with van der Waals surface area (Å²) in [6.07, 6.45) is 5.53. The molecule has 1 amide bonds. The molecule has 0 atom stereocenters. The summed E-state index contributed by atoms with van der Waals surface area (Å²) in [6, 6.07) is 14.8. The fraction of sp³-hybridized carbons (Fsp3) is 0.462. The molecular weight excluding hydrogens is 475 g/mol. The van der Waals surface area contributed by atoms with Gasteiger partial charge in [0.25, 0.3) is 0 Å². The number of piperidine rings is 1. The van der Waals surface area contributed by atoms with Crippen LogP contribution in [0.2, 0.25) is 0 Å². The maximum Gasteiger partial charge on any atom is 0.249 e. The number of nitrogens with two attached hydrogens (primary N) is 2. The van der Waals surface area contributed by atoms with Crippen LogP contribution in [-0.2, 0) is 22.5 Å². The first-order chi connectivity index (χ1) is 16.0. The standard InChI is InChI=1S/C26H36N4O3.ClH.Na/c1-32-16-5-17-33-24-18-20(9-13-25(31)29-26(27)28)8-12-23(24)22-10-6-21(7-11-22)19-30-14-3-2-4-15-30;;/h6-8,10-12,18H,2-5,9,13-17,19H2,1H3,(H4,27,28,29,31);1H;. The van der Waals surface area contributed by atoms with Gasteiger partial charge >= 0.3 is 0 Å². The van der Waals surface area contributed by atoms with Gasteiger partial charge < -0.3 is 20.9 Å². The number of benzene rings is 2. The van der Waals surface area contributed by atoms with E-state index in [1.807, 2.05) is 12.1 Å². The van der Waals surface area contributed by atoms with Crippen molar-refractivity contribution >= 4 is 53.8 Å². The van der Waals surface area contributed by atoms with E-state index in [2.05, 4.69) is 40.2 Å². The van der Waals surface area contributed by atoms with Crippen LogP contribution in [0.25, 0.3) is 11.1 Å². The summed E-state index contributed by atoms with van der Waals surface area (Å²) in [6.45, 7) is 4.59. The number of hydrogen-bond acceptors (Lipinski definition) is 4. The van der Waals surface area contributed by atoms with Crippen LogP contribution in [-0.4, -0.2) is 79.7 Å². The van der Waals surface area contributed by atoms with Gasteiger partial charge in [-0.2, -0.15) is 4.99 Å². The third-order valence-corrected chi connectivity index (χ3v) is 5.80. The molecule has 2 aromatic rings. The fourth-order valence-electron chi connectivity index (χ4n) is 4.08. The number of amides is 1. The molecule has 0 unspecified atom stereocenters. The van der Waals surface area contributed by atoms with E-state index in [-0.39, 0.29) is 60.3 Å². The number of hydrogen-bond donors (Lipinski definition) is 2. The van der Waals surface area contributed by atoms with Gasteiger partial charge in [0.05, 0.1) is 6.61 Å². The van der Waals surface area contributed by atoms with Crippen LogP contribution in [0.1, 0.15) is 43.2 Å². The summed E-state index contributed by atoms with van der Waals surface area (Å²) in [7, 11) is 1.69. The van der Waals surface area contributed by atoms with Crippen molar-refractivity contribution in [1.82, 2.24) is 4.90 Å². The van der Waals surface area contributed by atoms with Gasteiger partial charge in [0.2, 0.25) is 5.91 Å². The molecule has 1 radical (unpaired) electrons. The summed E-state index contributed by atoms with van der Waals surface area (Å²) in [5, 5.41) is 0. The van der Waals surface area contributed by atoms with Crippen LogP contribution in [0.3, 0.4) is 0 Å². The smallest absolute Gasteiger partial charge is 0.249 e. The molecule has 1 saturated heterocycles. The summed E-state index contributed by atoms with van der Waals surface area (Å²) < 4.78 is 11.3. The first kappa shape index (κ1) is 31.4. The Morgan fingerprint density at radius 3 is 2.34 bits per heavy atom. The largest absolute Gasteiger partial charge is 0.493 e. The molecule has 1 aliphatic heterocycles. The first-order valence-electron chi connectivity index (χ1n) is 11.7. The Balaban J connectivity index is 0.00000306. The Morgan fingerprint density at radius 2 is 1.69 bits per heavy atom. The van der Waals surface area contributed by atoms with Crippen molar-refractivity contribution < 1.29 is 14.3 Å². The quantitative estimate of drug-likeness (QED) is 0.207. The Morgan fingerprint density at radius 1 is 1.00 bits per heavy atom. The topological polar surface area (TPSA) is 103 Å². The average molecular weight is 512 g/mol. The number of carbonyl (C=O) groups is 1. The van der Waals surface area contributed by atoms with Gasteiger partial charge in [-0.15, -0.1) is 12.4 Å². The van der Waals surface area contributed by atoms with Crippen LogP contribution >= 0.6 is 12.4 Å². The van der Waals surface area contributed by atoms with E-state index in [1.54, 1.807) is 7.11 Å². The fourth-order valence-corrected chi connectivity index (χ4v) is 4.08. The Kier molecular flexibility index (Phi) is 15.2. The number of halogens is 1. The van der Waals surface area contributed by atoms with Crippen molar-refractivity contribution in [3.8, 4) is 16.9 Å². The number of rotatable bonds is 11. The Labute approximate surface area is 237 Å². The van der Waals surface area contributed by atoms with Crippen LogP contribution in [0.5, 0.6) is 5.75 Å². The second kappa shape index (κ2) is 17.0. The number of aryl methyl sites for hydroxylation is 1. The zero-order chi connectivity index (χ0) is 23.5. The summed E-state index contributed by atoms with van der Waals surface area (Å²) in [4.78, 5) is 17.9. The molecule has 9 heteroatoms. The van der Waals surface area contributed by atoms with Crippen molar-refractivity contribution in [1.29, 1.82) is 0 Å². The predicted molar refractivity (Wildman–Crippen MR) is 145 cm³/mol. The predicted octanol–water partition coefficient (Wildman–Crippen LogP) is 3.53. The van der Waals surface area contributed by atoms with Gasteiger partial charge in [-0.1, -0.05) is 42.8 Å². The van der Waals surface area contributed by atoms with Crippen LogP contribution in [0, 0.1) is 0 Å². The number of methoxy groups -OCH3 is 1. The molecule has 0 saturated carbocycles. The molecular formula is C26H37ClN4NaO3. The van der Waals surface area contributed by atoms with Crippen molar-refractivity contribution in [2.24, 2.45) is 16.5 Å². The molecule has 4 N–H and O–H groups in total. The van der Waals surface area contributed by atoms with E-state index in [4.69, 9.17) is 20.9 Å². The monoisotopic (exact) mass is 511 g/mol. The molecule has 0 spiro atoms. The minimum absolute atomic E-state index is 0. The Hall–Kier alpha value is -1.61. The van der Waals surface area contributed by atoms with Crippen LogP contribution in [0.15, 0.2) is 47.5 Å². The van der Waals surface area contributed by atoms with E-state index in [9.17, 15) is 4.79 Å². The minimum Gasteiger partial charge on any atom is -0.493 e. The van der Waals surface area contributed by atoms with Crippen molar-refractivity contribution in [2.75, 3.05) is 33.4 Å². The molecule has 1 heterocycles. The Bertz CT molecular complexity index is 931. The maximum absolute atomic E-state index is 11.8. The second-order valence-corrected chi connectivity index (χ2v) is 8.49. The van der Waals surface area contributed by atoms with Crippen molar-refractivity contribution in [2.45, 2.75) is 45.1 Å². The van der Waals surface area contributed by atoms with E-state index in [1.165, 1.54) is 37.9 Å². The zero-order valence-electron chi connectivity index (χ0n) is 21.0. The van der Waals surface area contributed by atoms with Gasteiger partial charge in [0, 0.05) is 68.2 Å². The first-order valence-corrected chi connectivity index (χ1v) is 11.7. The molecule has 2 aromatic carbocycles. The van der Waals surface area contributed by atoms with Gasteiger partial charge in [0.15, 0.2) is 5.96 Å². The molecule has 1 aliphatic rings. The molecule has 0 aromatic heterocycles. The molecule has 187 valence electrons. The third-order valence-electron chi connectivity index (χ3n) is 5.80. The van der Waals surface area contributed by atoms with E-state index >= 15 is 0 Å². The number of aliphatic imine (C=N–C) groups is 1. The van der Waals surface area contributed by atoms with E-state index in [0.717, 1.165) is 35.4 Å². The van der Waals surface area contributed by atoms with Gasteiger partial charge in [-0.05, 0) is 55.1 Å². The molecule has 0 aliphatic carbocycles. The van der Waals surface area contributed by atoms with Crippen LogP contribution < -0.4 is 16.2 Å². The summed E-state index contributed by atoms with van der Waals surface area (Å²) >= 11 is 0. The molecule has 1 fully saturated rings. The normalized spacial score (nSPS) is 13.3. The van der Waals surface area contributed by atoms with Crippen molar-refractivity contribution in [3.05, 3.63) is 53.6 Å².